The Labute approximate surface area is 151 Å². The number of benzene rings is 1. The van der Waals surface area contributed by atoms with Crippen molar-refractivity contribution >= 4 is 5.96 Å². The zero-order chi connectivity index (χ0) is 18.0. The maximum Gasteiger partial charge on any atom is 0.191 e. The molecule has 2 aromatic rings. The molecule has 0 aliphatic heterocycles. The lowest BCUT2D eigenvalue weighted by molar-refractivity contribution is 0.323. The second kappa shape index (κ2) is 9.82. The third-order valence-corrected chi connectivity index (χ3v) is 4.28. The van der Waals surface area contributed by atoms with Crippen molar-refractivity contribution in [3.63, 3.8) is 0 Å². The number of aliphatic imine (C=N–C) groups is 1. The topological polar surface area (TPSA) is 49.3 Å². The number of aryl methyl sites for hydroxylation is 1. The van der Waals surface area contributed by atoms with Crippen molar-refractivity contribution in [2.24, 2.45) is 10.4 Å². The molecule has 134 valence electrons. The summed E-state index contributed by atoms with van der Waals surface area (Å²) in [6.45, 7) is 6.17. The Balaban J connectivity index is 1.71. The van der Waals surface area contributed by atoms with E-state index in [2.05, 4.69) is 64.8 Å². The maximum atomic E-state index is 4.32. The van der Waals surface area contributed by atoms with Gasteiger partial charge < -0.3 is 10.6 Å². The van der Waals surface area contributed by atoms with Crippen LogP contribution in [0.15, 0.2) is 59.7 Å². The maximum absolute atomic E-state index is 4.32. The standard InChI is InChI=1S/C21H30N4/c1-21(2,14-9-12-18-10-5-4-6-11-18)17-25-20(22-3)24-16-19-13-7-8-15-23-19/h4-8,10-11,13,15H,9,12,14,16-17H2,1-3H3,(H2,22,24,25). The Hall–Kier alpha value is -2.36. The minimum Gasteiger partial charge on any atom is -0.356 e. The molecule has 0 spiro atoms. The lowest BCUT2D eigenvalue weighted by Gasteiger charge is -2.26. The molecule has 1 heterocycles. The molecule has 0 saturated heterocycles. The molecule has 0 bridgehead atoms. The molecule has 1 aromatic carbocycles. The van der Waals surface area contributed by atoms with E-state index in [1.165, 1.54) is 18.4 Å². The van der Waals surface area contributed by atoms with Gasteiger partial charge in [0.15, 0.2) is 5.96 Å². The summed E-state index contributed by atoms with van der Waals surface area (Å²) in [7, 11) is 1.80. The number of pyridine rings is 1. The van der Waals surface area contributed by atoms with Gasteiger partial charge in [-0.2, -0.15) is 0 Å². The summed E-state index contributed by atoms with van der Waals surface area (Å²) in [4.78, 5) is 8.62. The number of guanidine groups is 1. The molecule has 4 nitrogen and oxygen atoms in total. The van der Waals surface area contributed by atoms with Gasteiger partial charge >= 0.3 is 0 Å². The molecule has 2 rings (SSSR count). The summed E-state index contributed by atoms with van der Waals surface area (Å²) < 4.78 is 0. The van der Waals surface area contributed by atoms with Crippen LogP contribution in [-0.4, -0.2) is 24.5 Å². The zero-order valence-corrected chi connectivity index (χ0v) is 15.6. The molecule has 0 fully saturated rings. The summed E-state index contributed by atoms with van der Waals surface area (Å²) in [5, 5.41) is 6.76. The van der Waals surface area contributed by atoms with Crippen LogP contribution < -0.4 is 10.6 Å². The minimum absolute atomic E-state index is 0.220. The van der Waals surface area contributed by atoms with E-state index in [-0.39, 0.29) is 5.41 Å². The number of rotatable bonds is 8. The monoisotopic (exact) mass is 338 g/mol. The van der Waals surface area contributed by atoms with Crippen LogP contribution in [0.25, 0.3) is 0 Å². The molecule has 0 radical (unpaired) electrons. The van der Waals surface area contributed by atoms with E-state index in [0.29, 0.717) is 6.54 Å². The Kier molecular flexibility index (Phi) is 7.45. The third-order valence-electron chi connectivity index (χ3n) is 4.28. The van der Waals surface area contributed by atoms with Gasteiger partial charge in [0.25, 0.3) is 0 Å². The SMILES string of the molecule is CN=C(NCc1ccccn1)NCC(C)(C)CCCc1ccccc1. The smallest absolute Gasteiger partial charge is 0.191 e. The number of hydrogen-bond acceptors (Lipinski definition) is 2. The van der Waals surface area contributed by atoms with Crippen molar-refractivity contribution in [2.75, 3.05) is 13.6 Å². The predicted octanol–water partition coefficient (Wildman–Crippen LogP) is 3.80. The van der Waals surface area contributed by atoms with E-state index in [1.54, 1.807) is 7.05 Å². The van der Waals surface area contributed by atoms with E-state index in [0.717, 1.165) is 24.6 Å². The first kappa shape index (κ1) is 19.0. The summed E-state index contributed by atoms with van der Waals surface area (Å²) in [6.07, 6.45) is 5.31. The molecule has 0 atom stereocenters. The minimum atomic E-state index is 0.220. The molecular formula is C21H30N4. The van der Waals surface area contributed by atoms with Gasteiger partial charge in [-0.1, -0.05) is 50.2 Å². The lowest BCUT2D eigenvalue weighted by Crippen LogP contribution is -2.41. The molecule has 0 amide bonds. The van der Waals surface area contributed by atoms with Gasteiger partial charge in [-0.15, -0.1) is 0 Å². The van der Waals surface area contributed by atoms with Crippen LogP contribution in [-0.2, 0) is 13.0 Å². The van der Waals surface area contributed by atoms with Crippen molar-refractivity contribution in [3.8, 4) is 0 Å². The highest BCUT2D eigenvalue weighted by Gasteiger charge is 2.18. The quantitative estimate of drug-likeness (QED) is 0.569. The molecule has 0 unspecified atom stereocenters. The molecule has 0 aliphatic carbocycles. The van der Waals surface area contributed by atoms with Crippen molar-refractivity contribution in [3.05, 3.63) is 66.0 Å². The van der Waals surface area contributed by atoms with Gasteiger partial charge in [0.2, 0.25) is 0 Å². The predicted molar refractivity (Wildman–Crippen MR) is 106 cm³/mol. The van der Waals surface area contributed by atoms with Crippen molar-refractivity contribution in [2.45, 2.75) is 39.7 Å². The normalized spacial score (nSPS) is 12.0. The highest BCUT2D eigenvalue weighted by Crippen LogP contribution is 2.22. The van der Waals surface area contributed by atoms with Crippen LogP contribution in [0.1, 0.15) is 37.9 Å². The summed E-state index contributed by atoms with van der Waals surface area (Å²) in [5.41, 5.74) is 2.64. The number of nitrogens with zero attached hydrogens (tertiary/aromatic N) is 2. The van der Waals surface area contributed by atoms with E-state index < -0.39 is 0 Å². The van der Waals surface area contributed by atoms with Gasteiger partial charge in [0, 0.05) is 19.8 Å². The number of aromatic nitrogens is 1. The number of hydrogen-bond donors (Lipinski definition) is 2. The molecule has 2 N–H and O–H groups in total. The molecule has 4 heteroatoms. The zero-order valence-electron chi connectivity index (χ0n) is 15.6. The first-order valence-corrected chi connectivity index (χ1v) is 8.97. The van der Waals surface area contributed by atoms with Crippen molar-refractivity contribution in [1.82, 2.24) is 15.6 Å². The van der Waals surface area contributed by atoms with Gasteiger partial charge in [0.05, 0.1) is 12.2 Å². The number of nitrogens with one attached hydrogen (secondary N) is 2. The first-order valence-electron chi connectivity index (χ1n) is 8.97. The van der Waals surface area contributed by atoms with Crippen LogP contribution in [0.4, 0.5) is 0 Å². The second-order valence-electron chi connectivity index (χ2n) is 7.10. The molecule has 0 saturated carbocycles. The molecule has 0 aliphatic rings. The van der Waals surface area contributed by atoms with Crippen molar-refractivity contribution in [1.29, 1.82) is 0 Å². The van der Waals surface area contributed by atoms with Crippen LogP contribution in [0.5, 0.6) is 0 Å². The summed E-state index contributed by atoms with van der Waals surface area (Å²) >= 11 is 0. The van der Waals surface area contributed by atoms with Crippen LogP contribution in [0.3, 0.4) is 0 Å². The fourth-order valence-electron chi connectivity index (χ4n) is 2.72. The van der Waals surface area contributed by atoms with Gasteiger partial charge in [-0.05, 0) is 42.4 Å². The highest BCUT2D eigenvalue weighted by molar-refractivity contribution is 5.79. The van der Waals surface area contributed by atoms with Crippen LogP contribution >= 0.6 is 0 Å². The van der Waals surface area contributed by atoms with E-state index in [9.17, 15) is 0 Å². The summed E-state index contributed by atoms with van der Waals surface area (Å²) in [5.74, 6) is 0.821. The Morgan fingerprint density at radius 3 is 2.48 bits per heavy atom. The van der Waals surface area contributed by atoms with Gasteiger partial charge in [0.1, 0.15) is 0 Å². The molecular weight excluding hydrogens is 308 g/mol. The first-order chi connectivity index (χ1) is 12.1. The average molecular weight is 338 g/mol. The fourth-order valence-corrected chi connectivity index (χ4v) is 2.72. The highest BCUT2D eigenvalue weighted by atomic mass is 15.2. The van der Waals surface area contributed by atoms with Gasteiger partial charge in [-0.25, -0.2) is 0 Å². The van der Waals surface area contributed by atoms with E-state index in [1.807, 2.05) is 24.4 Å². The van der Waals surface area contributed by atoms with Crippen LogP contribution in [0.2, 0.25) is 0 Å². The van der Waals surface area contributed by atoms with Crippen LogP contribution in [0, 0.1) is 5.41 Å². The Bertz CT molecular complexity index is 635. The second-order valence-corrected chi connectivity index (χ2v) is 7.10. The van der Waals surface area contributed by atoms with E-state index in [4.69, 9.17) is 0 Å². The van der Waals surface area contributed by atoms with Gasteiger partial charge in [-0.3, -0.25) is 9.98 Å². The fraction of sp³-hybridized carbons (Fsp3) is 0.429. The average Bonchev–Trinajstić information content (AvgIpc) is 2.63. The lowest BCUT2D eigenvalue weighted by atomic mass is 9.86. The molecule has 25 heavy (non-hydrogen) atoms. The summed E-state index contributed by atoms with van der Waals surface area (Å²) in [6, 6.07) is 16.6. The van der Waals surface area contributed by atoms with Crippen molar-refractivity contribution < 1.29 is 0 Å². The Morgan fingerprint density at radius 2 is 1.80 bits per heavy atom. The van der Waals surface area contributed by atoms with E-state index >= 15 is 0 Å². The largest absolute Gasteiger partial charge is 0.356 e. The Morgan fingerprint density at radius 1 is 1.04 bits per heavy atom. The molecule has 1 aromatic heterocycles. The third kappa shape index (κ3) is 7.38.